The predicted molar refractivity (Wildman–Crippen MR) is 140 cm³/mol. The van der Waals surface area contributed by atoms with Crippen molar-refractivity contribution in [1.29, 1.82) is 10.5 Å². The highest BCUT2D eigenvalue weighted by Crippen LogP contribution is 2.32. The second-order valence-corrected chi connectivity index (χ2v) is 11.5. The van der Waals surface area contributed by atoms with Crippen molar-refractivity contribution in [1.82, 2.24) is 14.2 Å². The predicted octanol–water partition coefficient (Wildman–Crippen LogP) is 3.99. The second kappa shape index (κ2) is 12.8. The zero-order chi connectivity index (χ0) is 27.9. The van der Waals surface area contributed by atoms with E-state index in [1.165, 1.54) is 29.2 Å². The molecule has 3 rings (SSSR count). The van der Waals surface area contributed by atoms with Gasteiger partial charge >= 0.3 is 0 Å². The molecule has 0 aliphatic carbocycles. The number of carbonyl (C=O) groups excluding carboxylic acids is 1. The van der Waals surface area contributed by atoms with Gasteiger partial charge < -0.3 is 4.90 Å². The molecule has 0 saturated heterocycles. The van der Waals surface area contributed by atoms with Gasteiger partial charge in [0.2, 0.25) is 10.0 Å². The molecule has 0 atom stereocenters. The van der Waals surface area contributed by atoms with Gasteiger partial charge in [-0.2, -0.15) is 14.8 Å². The van der Waals surface area contributed by atoms with Crippen molar-refractivity contribution < 1.29 is 22.0 Å². The molecule has 0 bridgehead atoms. The standard InChI is InChI=1S/C25H26F2N6O3S2/c1-31(2)12-5-15-33(25-30-23-21(27)16-19(26)17-22(23)37-25)24(34)18-6-8-20(9-7-18)38(35,36)32(13-3-10-28)14-4-11-29/h6-9,16-17H,3-5,12-15H2,1-2H3. The maximum absolute atomic E-state index is 14.3. The lowest BCUT2D eigenvalue weighted by molar-refractivity contribution is 0.0986. The van der Waals surface area contributed by atoms with E-state index in [0.29, 0.717) is 13.0 Å². The Balaban J connectivity index is 1.92. The Kier molecular flexibility index (Phi) is 9.83. The fourth-order valence-corrected chi connectivity index (χ4v) is 6.14. The van der Waals surface area contributed by atoms with Gasteiger partial charge in [0.05, 0.1) is 21.7 Å². The first-order valence-electron chi connectivity index (χ1n) is 11.6. The van der Waals surface area contributed by atoms with Crippen LogP contribution in [0.2, 0.25) is 0 Å². The summed E-state index contributed by atoms with van der Waals surface area (Å²) in [6.45, 7) is 0.790. The number of hydrogen-bond acceptors (Lipinski definition) is 8. The summed E-state index contributed by atoms with van der Waals surface area (Å²) in [5.74, 6) is -2.04. The quantitative estimate of drug-likeness (QED) is 0.328. The van der Waals surface area contributed by atoms with E-state index in [4.69, 9.17) is 10.5 Å². The van der Waals surface area contributed by atoms with Crippen LogP contribution in [0.15, 0.2) is 41.3 Å². The van der Waals surface area contributed by atoms with Crippen molar-refractivity contribution >= 4 is 42.6 Å². The number of nitrogens with zero attached hydrogens (tertiary/aromatic N) is 6. The van der Waals surface area contributed by atoms with Crippen LogP contribution >= 0.6 is 11.3 Å². The monoisotopic (exact) mass is 560 g/mol. The van der Waals surface area contributed by atoms with Crippen LogP contribution in [-0.4, -0.2) is 68.8 Å². The molecule has 1 aromatic heterocycles. The zero-order valence-electron chi connectivity index (χ0n) is 20.9. The minimum Gasteiger partial charge on any atom is -0.309 e. The van der Waals surface area contributed by atoms with Crippen molar-refractivity contribution in [3.63, 3.8) is 0 Å². The van der Waals surface area contributed by atoms with Gasteiger partial charge in [0.25, 0.3) is 5.91 Å². The molecule has 3 aromatic rings. The molecular weight excluding hydrogens is 534 g/mol. The van der Waals surface area contributed by atoms with Crippen molar-refractivity contribution in [3.05, 3.63) is 53.6 Å². The second-order valence-electron chi connectivity index (χ2n) is 8.59. The lowest BCUT2D eigenvalue weighted by Gasteiger charge is -2.22. The van der Waals surface area contributed by atoms with E-state index < -0.39 is 27.6 Å². The van der Waals surface area contributed by atoms with E-state index in [1.807, 2.05) is 31.1 Å². The Morgan fingerprint density at radius 3 is 2.21 bits per heavy atom. The van der Waals surface area contributed by atoms with E-state index in [1.54, 1.807) is 0 Å². The zero-order valence-corrected chi connectivity index (χ0v) is 22.5. The van der Waals surface area contributed by atoms with Gasteiger partial charge in [0.1, 0.15) is 11.3 Å². The van der Waals surface area contributed by atoms with Crippen LogP contribution < -0.4 is 4.90 Å². The van der Waals surface area contributed by atoms with E-state index in [9.17, 15) is 22.0 Å². The van der Waals surface area contributed by atoms with Crippen molar-refractivity contribution in [3.8, 4) is 12.1 Å². The largest absolute Gasteiger partial charge is 0.309 e. The van der Waals surface area contributed by atoms with E-state index in [2.05, 4.69) is 4.98 Å². The summed E-state index contributed by atoms with van der Waals surface area (Å²) in [5, 5.41) is 17.9. The van der Waals surface area contributed by atoms with E-state index >= 15 is 0 Å². The number of hydrogen-bond donors (Lipinski definition) is 0. The summed E-state index contributed by atoms with van der Waals surface area (Å²) in [7, 11) is -0.224. The maximum atomic E-state index is 14.3. The van der Waals surface area contributed by atoms with Gasteiger partial charge in [-0.05, 0) is 57.4 Å². The molecule has 13 heteroatoms. The van der Waals surface area contributed by atoms with Crippen molar-refractivity contribution in [2.45, 2.75) is 24.2 Å². The summed E-state index contributed by atoms with van der Waals surface area (Å²) in [6, 6.07) is 11.0. The normalized spacial score (nSPS) is 11.6. The lowest BCUT2D eigenvalue weighted by atomic mass is 10.2. The van der Waals surface area contributed by atoms with E-state index in [-0.39, 0.29) is 58.3 Å². The summed E-state index contributed by atoms with van der Waals surface area (Å²) >= 11 is 0.987. The molecular formula is C25H26F2N6O3S2. The van der Waals surface area contributed by atoms with Crippen LogP contribution in [0.3, 0.4) is 0 Å². The molecule has 0 fully saturated rings. The SMILES string of the molecule is CN(C)CCCN(C(=O)c1ccc(S(=O)(=O)N(CCC#N)CCC#N)cc1)c1nc2c(F)cc(F)cc2s1. The number of nitriles is 2. The Morgan fingerprint density at radius 2 is 1.63 bits per heavy atom. The van der Waals surface area contributed by atoms with Crippen LogP contribution in [0.1, 0.15) is 29.6 Å². The molecule has 0 saturated carbocycles. The highest BCUT2D eigenvalue weighted by atomic mass is 32.2. The molecule has 0 aliphatic heterocycles. The van der Waals surface area contributed by atoms with Gasteiger partial charge in [0, 0.05) is 44.1 Å². The number of halogens is 2. The smallest absolute Gasteiger partial charge is 0.260 e. The number of rotatable bonds is 12. The van der Waals surface area contributed by atoms with E-state index in [0.717, 1.165) is 27.8 Å². The number of fused-ring (bicyclic) bond motifs is 1. The minimum atomic E-state index is -4.00. The summed E-state index contributed by atoms with van der Waals surface area (Å²) in [4.78, 5) is 21.0. The third kappa shape index (κ3) is 6.88. The fraction of sp³-hybridized carbons (Fsp3) is 0.360. The van der Waals surface area contributed by atoms with Crippen molar-refractivity contribution in [2.75, 3.05) is 45.2 Å². The number of carbonyl (C=O) groups is 1. The summed E-state index contributed by atoms with van der Waals surface area (Å²) in [6.07, 6.45) is 0.510. The molecule has 0 aliphatic rings. The Hall–Kier alpha value is -3.49. The van der Waals surface area contributed by atoms with Gasteiger partial charge in [0.15, 0.2) is 10.9 Å². The summed E-state index contributed by atoms with van der Waals surface area (Å²) in [5.41, 5.74) is 0.147. The first-order chi connectivity index (χ1) is 18.1. The molecule has 0 radical (unpaired) electrons. The first-order valence-corrected chi connectivity index (χ1v) is 13.9. The van der Waals surface area contributed by atoms with Crippen LogP contribution in [0.4, 0.5) is 13.9 Å². The molecule has 1 amide bonds. The molecule has 9 nitrogen and oxygen atoms in total. The minimum absolute atomic E-state index is 0.0319. The third-order valence-electron chi connectivity index (χ3n) is 5.55. The first kappa shape index (κ1) is 29.1. The van der Waals surface area contributed by atoms with Crippen LogP contribution in [0.25, 0.3) is 10.2 Å². The number of thiazole rings is 1. The topological polar surface area (TPSA) is 121 Å². The third-order valence-corrected chi connectivity index (χ3v) is 8.49. The average molecular weight is 561 g/mol. The van der Waals surface area contributed by atoms with Crippen LogP contribution in [-0.2, 0) is 10.0 Å². The maximum Gasteiger partial charge on any atom is 0.260 e. The lowest BCUT2D eigenvalue weighted by Crippen LogP contribution is -2.34. The number of aromatic nitrogens is 1. The molecule has 200 valence electrons. The van der Waals surface area contributed by atoms with Gasteiger partial charge in [-0.25, -0.2) is 22.2 Å². The number of sulfonamides is 1. The highest BCUT2D eigenvalue weighted by molar-refractivity contribution is 7.89. The number of benzene rings is 2. The van der Waals surface area contributed by atoms with Crippen LogP contribution in [0, 0.1) is 34.3 Å². The Morgan fingerprint density at radius 1 is 1.00 bits per heavy atom. The van der Waals surface area contributed by atoms with Crippen LogP contribution in [0.5, 0.6) is 0 Å². The molecule has 0 spiro atoms. The molecule has 1 heterocycles. The van der Waals surface area contributed by atoms with Gasteiger partial charge in [-0.15, -0.1) is 0 Å². The number of anilines is 1. The van der Waals surface area contributed by atoms with Gasteiger partial charge in [-0.3, -0.25) is 9.69 Å². The molecule has 0 unspecified atom stereocenters. The average Bonchev–Trinajstić information content (AvgIpc) is 3.30. The highest BCUT2D eigenvalue weighted by Gasteiger charge is 2.26. The van der Waals surface area contributed by atoms with Gasteiger partial charge in [-0.1, -0.05) is 11.3 Å². The molecule has 2 aromatic carbocycles. The van der Waals surface area contributed by atoms with Crippen molar-refractivity contribution in [2.24, 2.45) is 0 Å². The Labute approximate surface area is 224 Å². The number of amides is 1. The summed E-state index contributed by atoms with van der Waals surface area (Å²) < 4.78 is 55.5. The Bertz CT molecular complexity index is 1460. The molecule has 0 N–H and O–H groups in total. The fourth-order valence-electron chi connectivity index (χ4n) is 3.67. The molecule has 38 heavy (non-hydrogen) atoms.